The second kappa shape index (κ2) is 6.73. The molecule has 0 aliphatic heterocycles. The average Bonchev–Trinajstić information content (AvgIpc) is 3.22. The Labute approximate surface area is 136 Å². The number of oxazole rings is 1. The number of aromatic nitrogens is 3. The number of anilines is 1. The molecule has 0 unspecified atom stereocenters. The van der Waals surface area contributed by atoms with Crippen LogP contribution in [-0.4, -0.2) is 26.9 Å². The van der Waals surface area contributed by atoms with Crippen molar-refractivity contribution in [2.24, 2.45) is 0 Å². The van der Waals surface area contributed by atoms with Gasteiger partial charge in [0.25, 0.3) is 11.8 Å². The van der Waals surface area contributed by atoms with Gasteiger partial charge in [-0.05, 0) is 19.1 Å². The molecule has 2 amide bonds. The number of nitrogens with zero attached hydrogens (tertiary/aromatic N) is 3. The highest BCUT2D eigenvalue weighted by atomic mass is 16.5. The number of nitrogens with one attached hydrogen (secondary N) is 2. The van der Waals surface area contributed by atoms with Crippen molar-refractivity contribution in [1.29, 1.82) is 0 Å². The molecule has 0 spiro atoms. The summed E-state index contributed by atoms with van der Waals surface area (Å²) in [5, 5.41) is 8.64. The Morgan fingerprint density at radius 3 is 2.62 bits per heavy atom. The van der Waals surface area contributed by atoms with E-state index >= 15 is 0 Å². The van der Waals surface area contributed by atoms with Crippen LogP contribution in [0.4, 0.5) is 6.01 Å². The molecular weight excluding hydrogens is 314 g/mol. The number of hydrogen-bond acceptors (Lipinski definition) is 7. The summed E-state index contributed by atoms with van der Waals surface area (Å²) in [6.07, 6.45) is 1.15. The minimum absolute atomic E-state index is 0.0228. The molecule has 0 saturated carbocycles. The summed E-state index contributed by atoms with van der Waals surface area (Å²) in [5.41, 5.74) is 0.475. The predicted octanol–water partition coefficient (Wildman–Crippen LogP) is 1.55. The largest absolute Gasteiger partial charge is 0.431 e. The summed E-state index contributed by atoms with van der Waals surface area (Å²) in [4.78, 5) is 31.8. The highest BCUT2D eigenvalue weighted by Gasteiger charge is 2.15. The molecule has 122 valence electrons. The molecule has 2 N–H and O–H groups in total. The van der Waals surface area contributed by atoms with Gasteiger partial charge in [-0.2, -0.15) is 9.97 Å². The highest BCUT2D eigenvalue weighted by Crippen LogP contribution is 2.10. The first kappa shape index (κ1) is 15.4. The van der Waals surface area contributed by atoms with Crippen molar-refractivity contribution in [2.75, 3.05) is 5.32 Å². The van der Waals surface area contributed by atoms with Gasteiger partial charge >= 0.3 is 6.01 Å². The molecule has 3 rings (SSSR count). The van der Waals surface area contributed by atoms with Crippen LogP contribution in [0.1, 0.15) is 32.6 Å². The molecule has 2 heterocycles. The van der Waals surface area contributed by atoms with Gasteiger partial charge in [-0.1, -0.05) is 23.4 Å². The first-order valence-corrected chi connectivity index (χ1v) is 7.01. The molecule has 3 aromatic rings. The molecule has 2 aromatic heterocycles. The van der Waals surface area contributed by atoms with Gasteiger partial charge in [-0.25, -0.2) is 0 Å². The van der Waals surface area contributed by atoms with Gasteiger partial charge in [-0.15, -0.1) is 0 Å². The maximum absolute atomic E-state index is 12.0. The molecule has 0 aliphatic rings. The standard InChI is InChI=1S/C15H13N5O4/c1-9-17-12(24-20-9)7-16-14(22)11-8-23-15(18-11)19-13(21)10-5-3-2-4-6-10/h2-6,8H,7H2,1H3,(H,16,22)(H,18,19,21). The van der Waals surface area contributed by atoms with Crippen molar-refractivity contribution < 1.29 is 18.5 Å². The average molecular weight is 327 g/mol. The zero-order valence-electron chi connectivity index (χ0n) is 12.6. The Kier molecular flexibility index (Phi) is 4.32. The number of carbonyl (C=O) groups excluding carboxylic acids is 2. The SMILES string of the molecule is Cc1noc(CNC(=O)c2coc(NC(=O)c3ccccc3)n2)n1. The van der Waals surface area contributed by atoms with Crippen molar-refractivity contribution in [3.63, 3.8) is 0 Å². The summed E-state index contributed by atoms with van der Waals surface area (Å²) >= 11 is 0. The maximum Gasteiger partial charge on any atom is 0.302 e. The van der Waals surface area contributed by atoms with Crippen LogP contribution in [0, 0.1) is 6.92 Å². The van der Waals surface area contributed by atoms with Crippen LogP contribution in [0.25, 0.3) is 0 Å². The summed E-state index contributed by atoms with van der Waals surface area (Å²) < 4.78 is 9.96. The van der Waals surface area contributed by atoms with Crippen LogP contribution in [0.15, 0.2) is 45.5 Å². The normalized spacial score (nSPS) is 10.4. The van der Waals surface area contributed by atoms with E-state index in [1.807, 2.05) is 0 Å². The van der Waals surface area contributed by atoms with E-state index in [9.17, 15) is 9.59 Å². The summed E-state index contributed by atoms with van der Waals surface area (Å²) in [5.74, 6) is -0.117. The Morgan fingerprint density at radius 2 is 1.92 bits per heavy atom. The fraction of sp³-hybridized carbons (Fsp3) is 0.133. The molecule has 9 heteroatoms. The van der Waals surface area contributed by atoms with Crippen LogP contribution >= 0.6 is 0 Å². The van der Waals surface area contributed by atoms with E-state index in [1.54, 1.807) is 37.3 Å². The third kappa shape index (κ3) is 3.64. The van der Waals surface area contributed by atoms with Gasteiger partial charge in [0.1, 0.15) is 6.26 Å². The van der Waals surface area contributed by atoms with Crippen LogP contribution < -0.4 is 10.6 Å². The Hall–Kier alpha value is -3.49. The molecule has 0 atom stereocenters. The summed E-state index contributed by atoms with van der Waals surface area (Å²) in [7, 11) is 0. The van der Waals surface area contributed by atoms with Gasteiger partial charge in [0.15, 0.2) is 11.5 Å². The number of hydrogen-bond donors (Lipinski definition) is 2. The second-order valence-electron chi connectivity index (χ2n) is 4.78. The minimum atomic E-state index is -0.491. The molecular formula is C15H13N5O4. The lowest BCUT2D eigenvalue weighted by molar-refractivity contribution is 0.0940. The van der Waals surface area contributed by atoms with Crippen LogP contribution in [0.3, 0.4) is 0 Å². The topological polar surface area (TPSA) is 123 Å². The Balaban J connectivity index is 1.58. The van der Waals surface area contributed by atoms with Crippen LogP contribution in [-0.2, 0) is 6.54 Å². The molecule has 9 nitrogen and oxygen atoms in total. The number of rotatable bonds is 5. The van der Waals surface area contributed by atoms with Crippen molar-refractivity contribution in [3.05, 3.63) is 59.6 Å². The van der Waals surface area contributed by atoms with Crippen molar-refractivity contribution in [2.45, 2.75) is 13.5 Å². The van der Waals surface area contributed by atoms with Crippen molar-refractivity contribution in [1.82, 2.24) is 20.4 Å². The fourth-order valence-corrected chi connectivity index (χ4v) is 1.85. The van der Waals surface area contributed by atoms with E-state index in [0.29, 0.717) is 11.4 Å². The van der Waals surface area contributed by atoms with Crippen molar-refractivity contribution in [3.8, 4) is 0 Å². The first-order valence-electron chi connectivity index (χ1n) is 7.01. The zero-order chi connectivity index (χ0) is 16.9. The van der Waals surface area contributed by atoms with Gasteiger partial charge in [0.2, 0.25) is 5.89 Å². The highest BCUT2D eigenvalue weighted by molar-refractivity contribution is 6.03. The Morgan fingerprint density at radius 1 is 1.12 bits per heavy atom. The Bertz CT molecular complexity index is 856. The minimum Gasteiger partial charge on any atom is -0.431 e. The summed E-state index contributed by atoms with van der Waals surface area (Å²) in [6.45, 7) is 1.74. The van der Waals surface area contributed by atoms with E-state index in [-0.39, 0.29) is 30.1 Å². The monoisotopic (exact) mass is 327 g/mol. The second-order valence-corrected chi connectivity index (χ2v) is 4.78. The maximum atomic E-state index is 12.0. The number of carbonyl (C=O) groups is 2. The lowest BCUT2D eigenvalue weighted by Crippen LogP contribution is -2.23. The van der Waals surface area contributed by atoms with Crippen molar-refractivity contribution >= 4 is 17.8 Å². The third-order valence-corrected chi connectivity index (χ3v) is 2.96. The fourth-order valence-electron chi connectivity index (χ4n) is 1.85. The smallest absolute Gasteiger partial charge is 0.302 e. The van der Waals surface area contributed by atoms with Crippen LogP contribution in [0.2, 0.25) is 0 Å². The summed E-state index contributed by atoms with van der Waals surface area (Å²) in [6, 6.07) is 8.51. The lowest BCUT2D eigenvalue weighted by Gasteiger charge is -2.00. The van der Waals surface area contributed by atoms with Gasteiger partial charge in [-0.3, -0.25) is 14.9 Å². The third-order valence-electron chi connectivity index (χ3n) is 2.96. The quantitative estimate of drug-likeness (QED) is 0.728. The van der Waals surface area contributed by atoms with E-state index in [2.05, 4.69) is 25.8 Å². The lowest BCUT2D eigenvalue weighted by atomic mass is 10.2. The van der Waals surface area contributed by atoms with E-state index in [4.69, 9.17) is 8.94 Å². The molecule has 0 aliphatic carbocycles. The van der Waals surface area contributed by atoms with E-state index in [1.165, 1.54) is 0 Å². The first-order chi connectivity index (χ1) is 11.6. The number of amides is 2. The van der Waals surface area contributed by atoms with Gasteiger partial charge in [0, 0.05) is 5.56 Å². The van der Waals surface area contributed by atoms with Gasteiger partial charge in [0.05, 0.1) is 6.54 Å². The van der Waals surface area contributed by atoms with E-state index < -0.39 is 5.91 Å². The molecule has 1 aromatic carbocycles. The number of aryl methyl sites for hydroxylation is 1. The van der Waals surface area contributed by atoms with Crippen LogP contribution in [0.5, 0.6) is 0 Å². The number of benzene rings is 1. The van der Waals surface area contributed by atoms with E-state index in [0.717, 1.165) is 6.26 Å². The molecule has 24 heavy (non-hydrogen) atoms. The zero-order valence-corrected chi connectivity index (χ0v) is 12.6. The van der Waals surface area contributed by atoms with Gasteiger partial charge < -0.3 is 14.3 Å². The molecule has 0 saturated heterocycles. The molecule has 0 radical (unpaired) electrons. The molecule has 0 bridgehead atoms. The molecule has 0 fully saturated rings. The predicted molar refractivity (Wildman–Crippen MR) is 81.1 cm³/mol.